The second-order valence-corrected chi connectivity index (χ2v) is 4.98. The van der Waals surface area contributed by atoms with Crippen molar-refractivity contribution in [2.24, 2.45) is 0 Å². The maximum Gasteiger partial charge on any atom is 0.285 e. The summed E-state index contributed by atoms with van der Waals surface area (Å²) in [5.74, 6) is 0. The number of hydrogen-bond donors (Lipinski definition) is 2. The zero-order valence-electron chi connectivity index (χ0n) is 11.0. The first-order valence-corrected chi connectivity index (χ1v) is 6.48. The van der Waals surface area contributed by atoms with Gasteiger partial charge in [0.1, 0.15) is 5.02 Å². The number of hydrogen-bond acceptors (Lipinski definition) is 3. The number of aromatic amines is 1. The van der Waals surface area contributed by atoms with Crippen LogP contribution in [0.15, 0.2) is 29.2 Å². The molecule has 1 aromatic heterocycles. The molecular weight excluding hydrogens is 262 g/mol. The molecule has 0 aliphatic rings. The van der Waals surface area contributed by atoms with Gasteiger partial charge in [-0.25, -0.2) is 5.10 Å². The van der Waals surface area contributed by atoms with Crippen molar-refractivity contribution in [2.45, 2.75) is 20.3 Å². The van der Waals surface area contributed by atoms with E-state index in [2.05, 4.69) is 47.6 Å². The van der Waals surface area contributed by atoms with Crippen molar-refractivity contribution in [2.75, 3.05) is 11.9 Å². The van der Waals surface area contributed by atoms with E-state index in [4.69, 9.17) is 11.6 Å². The van der Waals surface area contributed by atoms with E-state index in [1.807, 2.05) is 0 Å². The van der Waals surface area contributed by atoms with Gasteiger partial charge in [-0.2, -0.15) is 5.10 Å². The average Bonchev–Trinajstić information content (AvgIpc) is 2.33. The normalized spacial score (nSPS) is 10.5. The molecule has 100 valence electrons. The van der Waals surface area contributed by atoms with E-state index in [0.29, 0.717) is 12.2 Å². The van der Waals surface area contributed by atoms with Crippen LogP contribution in [0.3, 0.4) is 0 Å². The number of anilines is 1. The number of nitrogens with one attached hydrogen (secondary N) is 2. The highest BCUT2D eigenvalue weighted by atomic mass is 35.5. The molecule has 4 nitrogen and oxygen atoms in total. The highest BCUT2D eigenvalue weighted by Gasteiger charge is 2.04. The lowest BCUT2D eigenvalue weighted by molar-refractivity contribution is 0.967. The third-order valence-corrected chi connectivity index (χ3v) is 3.18. The van der Waals surface area contributed by atoms with Gasteiger partial charge in [-0.15, -0.1) is 0 Å². The van der Waals surface area contributed by atoms with Crippen LogP contribution < -0.4 is 10.9 Å². The van der Waals surface area contributed by atoms with Crippen LogP contribution in [-0.2, 0) is 6.42 Å². The number of halogens is 1. The van der Waals surface area contributed by atoms with Gasteiger partial charge < -0.3 is 5.32 Å². The molecule has 1 aromatic carbocycles. The lowest BCUT2D eigenvalue weighted by Crippen LogP contribution is -2.13. The van der Waals surface area contributed by atoms with Crippen molar-refractivity contribution < 1.29 is 0 Å². The topological polar surface area (TPSA) is 57.8 Å². The fourth-order valence-corrected chi connectivity index (χ4v) is 2.22. The van der Waals surface area contributed by atoms with E-state index in [0.717, 1.165) is 6.42 Å². The van der Waals surface area contributed by atoms with Gasteiger partial charge in [0.2, 0.25) is 0 Å². The smallest absolute Gasteiger partial charge is 0.285 e. The van der Waals surface area contributed by atoms with E-state index < -0.39 is 0 Å². The van der Waals surface area contributed by atoms with E-state index >= 15 is 0 Å². The SMILES string of the molecule is Cc1cc(C)cc(CCNc2cn[nH]c(=O)c2Cl)c1. The van der Waals surface area contributed by atoms with Gasteiger partial charge in [-0.05, 0) is 25.8 Å². The minimum absolute atomic E-state index is 0.149. The van der Waals surface area contributed by atoms with Gasteiger partial charge in [0.25, 0.3) is 5.56 Å². The van der Waals surface area contributed by atoms with Crippen molar-refractivity contribution in [3.63, 3.8) is 0 Å². The van der Waals surface area contributed by atoms with Gasteiger partial charge >= 0.3 is 0 Å². The van der Waals surface area contributed by atoms with Crippen molar-refractivity contribution >= 4 is 17.3 Å². The summed E-state index contributed by atoms with van der Waals surface area (Å²) in [5.41, 5.74) is 3.96. The van der Waals surface area contributed by atoms with Gasteiger partial charge in [0.05, 0.1) is 11.9 Å². The summed E-state index contributed by atoms with van der Waals surface area (Å²) in [6, 6.07) is 6.47. The van der Waals surface area contributed by atoms with Crippen LogP contribution in [0.2, 0.25) is 5.02 Å². The predicted octanol–water partition coefficient (Wildman–Crippen LogP) is 2.69. The number of H-pyrrole nitrogens is 1. The van der Waals surface area contributed by atoms with Gasteiger partial charge in [0.15, 0.2) is 0 Å². The summed E-state index contributed by atoms with van der Waals surface area (Å²) in [5, 5.41) is 9.28. The molecule has 0 atom stereocenters. The van der Waals surface area contributed by atoms with Crippen LogP contribution in [0.5, 0.6) is 0 Å². The number of rotatable bonds is 4. The molecule has 0 bridgehead atoms. The summed E-state index contributed by atoms with van der Waals surface area (Å²) in [6.45, 7) is 4.87. The molecule has 0 saturated carbocycles. The van der Waals surface area contributed by atoms with Crippen LogP contribution in [-0.4, -0.2) is 16.7 Å². The van der Waals surface area contributed by atoms with Gasteiger partial charge in [-0.1, -0.05) is 40.9 Å². The van der Waals surface area contributed by atoms with E-state index in [9.17, 15) is 4.79 Å². The zero-order valence-corrected chi connectivity index (χ0v) is 11.7. The first-order valence-electron chi connectivity index (χ1n) is 6.10. The van der Waals surface area contributed by atoms with Crippen LogP contribution in [0, 0.1) is 13.8 Å². The summed E-state index contributed by atoms with van der Waals surface area (Å²) in [6.07, 6.45) is 2.39. The monoisotopic (exact) mass is 277 g/mol. The van der Waals surface area contributed by atoms with Gasteiger partial charge in [-0.3, -0.25) is 4.79 Å². The Morgan fingerprint density at radius 2 is 1.95 bits per heavy atom. The van der Waals surface area contributed by atoms with Crippen molar-refractivity contribution in [1.29, 1.82) is 0 Å². The summed E-state index contributed by atoms with van der Waals surface area (Å²) in [7, 11) is 0. The zero-order chi connectivity index (χ0) is 13.8. The molecule has 0 fully saturated rings. The first-order chi connectivity index (χ1) is 9.06. The van der Waals surface area contributed by atoms with Crippen LogP contribution in [0.25, 0.3) is 0 Å². The number of aryl methyl sites for hydroxylation is 2. The molecule has 2 rings (SSSR count). The molecule has 0 aliphatic heterocycles. The van der Waals surface area contributed by atoms with Crippen LogP contribution in [0.1, 0.15) is 16.7 Å². The maximum atomic E-state index is 11.3. The average molecular weight is 278 g/mol. The molecule has 0 amide bonds. The van der Waals surface area contributed by atoms with E-state index in [1.54, 1.807) is 0 Å². The fourth-order valence-electron chi connectivity index (χ4n) is 2.06. The Bertz CT molecular complexity index is 617. The Kier molecular flexibility index (Phi) is 4.22. The molecule has 2 N–H and O–H groups in total. The molecule has 0 saturated heterocycles. The second kappa shape index (κ2) is 5.89. The van der Waals surface area contributed by atoms with Gasteiger partial charge in [0, 0.05) is 6.54 Å². The molecule has 19 heavy (non-hydrogen) atoms. The number of aromatic nitrogens is 2. The Labute approximate surface area is 116 Å². The van der Waals surface area contributed by atoms with Crippen LogP contribution >= 0.6 is 11.6 Å². The summed E-state index contributed by atoms with van der Waals surface area (Å²) in [4.78, 5) is 11.3. The third kappa shape index (κ3) is 3.58. The largest absolute Gasteiger partial charge is 0.382 e. The summed E-state index contributed by atoms with van der Waals surface area (Å²) < 4.78 is 0. The van der Waals surface area contributed by atoms with E-state index in [-0.39, 0.29) is 10.6 Å². The molecule has 0 unspecified atom stereocenters. The molecule has 2 aromatic rings. The Balaban J connectivity index is 2.00. The number of nitrogens with zero attached hydrogens (tertiary/aromatic N) is 1. The molecule has 0 spiro atoms. The quantitative estimate of drug-likeness (QED) is 0.903. The lowest BCUT2D eigenvalue weighted by Gasteiger charge is -2.08. The standard InChI is InChI=1S/C14H16ClN3O/c1-9-5-10(2)7-11(6-9)3-4-16-12-8-17-18-14(19)13(12)15/h5-8H,3-4H2,1-2H3,(H2,16,18,19). The molecule has 0 aliphatic carbocycles. The number of benzene rings is 1. The summed E-state index contributed by atoms with van der Waals surface area (Å²) >= 11 is 5.88. The molecule has 5 heteroatoms. The Morgan fingerprint density at radius 1 is 1.26 bits per heavy atom. The van der Waals surface area contributed by atoms with Crippen molar-refractivity contribution in [3.8, 4) is 0 Å². The van der Waals surface area contributed by atoms with Crippen molar-refractivity contribution in [3.05, 3.63) is 56.5 Å². The third-order valence-electron chi connectivity index (χ3n) is 2.81. The minimum Gasteiger partial charge on any atom is -0.382 e. The fraction of sp³-hybridized carbons (Fsp3) is 0.286. The van der Waals surface area contributed by atoms with Crippen LogP contribution in [0.4, 0.5) is 5.69 Å². The highest BCUT2D eigenvalue weighted by molar-refractivity contribution is 6.32. The minimum atomic E-state index is -0.377. The molecule has 1 heterocycles. The second-order valence-electron chi connectivity index (χ2n) is 4.60. The highest BCUT2D eigenvalue weighted by Crippen LogP contribution is 2.15. The maximum absolute atomic E-state index is 11.3. The lowest BCUT2D eigenvalue weighted by atomic mass is 10.1. The van der Waals surface area contributed by atoms with Crippen molar-refractivity contribution in [1.82, 2.24) is 10.2 Å². The molecule has 0 radical (unpaired) electrons. The first kappa shape index (κ1) is 13.6. The Morgan fingerprint density at radius 3 is 2.63 bits per heavy atom. The van der Waals surface area contributed by atoms with E-state index in [1.165, 1.54) is 22.9 Å². The molecular formula is C14H16ClN3O. The Hall–Kier alpha value is -1.81. The predicted molar refractivity (Wildman–Crippen MR) is 78.0 cm³/mol.